The van der Waals surface area contributed by atoms with Crippen LogP contribution in [0.1, 0.15) is 19.7 Å². The molecule has 0 radical (unpaired) electrons. The average Bonchev–Trinajstić information content (AvgIpc) is 2.72. The number of aromatic nitrogens is 2. The van der Waals surface area contributed by atoms with E-state index in [4.69, 9.17) is 10.5 Å². The van der Waals surface area contributed by atoms with E-state index in [1.807, 2.05) is 30.9 Å². The highest BCUT2D eigenvalue weighted by Crippen LogP contribution is 2.20. The van der Waals surface area contributed by atoms with Crippen molar-refractivity contribution >= 4 is 0 Å². The molecule has 0 saturated heterocycles. The van der Waals surface area contributed by atoms with Crippen molar-refractivity contribution in [3.05, 3.63) is 18.2 Å². The van der Waals surface area contributed by atoms with Crippen LogP contribution in [0.4, 0.5) is 0 Å². The second kappa shape index (κ2) is 5.62. The monoisotopic (exact) mass is 240 g/mol. The third kappa shape index (κ3) is 2.86. The summed E-state index contributed by atoms with van der Waals surface area (Å²) < 4.78 is 7.45. The molecule has 5 heteroatoms. The van der Waals surface area contributed by atoms with Gasteiger partial charge in [0.15, 0.2) is 0 Å². The Morgan fingerprint density at radius 1 is 1.65 bits per heavy atom. The molecule has 0 aliphatic rings. The van der Waals surface area contributed by atoms with Crippen molar-refractivity contribution in [1.82, 2.24) is 14.5 Å². The fraction of sp³-hybridized carbons (Fsp3) is 0.750. The molecule has 17 heavy (non-hydrogen) atoms. The molecule has 0 aliphatic carbocycles. The van der Waals surface area contributed by atoms with Crippen LogP contribution in [-0.4, -0.2) is 46.8 Å². The molecule has 1 aromatic rings. The number of methoxy groups -OCH3 is 1. The van der Waals surface area contributed by atoms with Crippen molar-refractivity contribution in [3.8, 4) is 0 Å². The Morgan fingerprint density at radius 3 is 2.71 bits per heavy atom. The van der Waals surface area contributed by atoms with E-state index < -0.39 is 0 Å². The number of aryl methyl sites for hydroxylation is 1. The normalized spacial score (nSPS) is 17.1. The van der Waals surface area contributed by atoms with E-state index in [1.54, 1.807) is 7.11 Å². The molecule has 0 bridgehead atoms. The number of ether oxygens (including phenoxy) is 1. The number of hydrogen-bond acceptors (Lipinski definition) is 4. The number of rotatable bonds is 6. The van der Waals surface area contributed by atoms with Crippen LogP contribution in [0.3, 0.4) is 0 Å². The van der Waals surface area contributed by atoms with Crippen LogP contribution in [0.15, 0.2) is 12.4 Å². The lowest BCUT2D eigenvalue weighted by molar-refractivity contribution is -0.0241. The van der Waals surface area contributed by atoms with Gasteiger partial charge in [-0.2, -0.15) is 0 Å². The first kappa shape index (κ1) is 14.2. The van der Waals surface area contributed by atoms with Gasteiger partial charge in [0, 0.05) is 33.1 Å². The number of nitrogens with two attached hydrogens (primary N) is 1. The lowest BCUT2D eigenvalue weighted by atomic mass is 9.94. The van der Waals surface area contributed by atoms with Crippen LogP contribution in [0.25, 0.3) is 0 Å². The third-order valence-electron chi connectivity index (χ3n) is 3.81. The van der Waals surface area contributed by atoms with Gasteiger partial charge in [0.25, 0.3) is 0 Å². The summed E-state index contributed by atoms with van der Waals surface area (Å²) in [5.74, 6) is 1.02. The smallest absolute Gasteiger partial charge is 0.122 e. The van der Waals surface area contributed by atoms with Gasteiger partial charge in [-0.05, 0) is 20.9 Å². The Balaban J connectivity index is 2.80. The Labute approximate surface area is 104 Å². The molecule has 0 spiro atoms. The molecule has 0 aliphatic heterocycles. The fourth-order valence-electron chi connectivity index (χ4n) is 1.83. The Hall–Kier alpha value is -0.910. The molecule has 0 fully saturated rings. The summed E-state index contributed by atoms with van der Waals surface area (Å²) in [6.45, 7) is 5.46. The largest absolute Gasteiger partial charge is 0.380 e. The highest BCUT2D eigenvalue weighted by atomic mass is 16.5. The van der Waals surface area contributed by atoms with Gasteiger partial charge in [-0.25, -0.2) is 4.98 Å². The topological polar surface area (TPSA) is 56.3 Å². The van der Waals surface area contributed by atoms with Crippen molar-refractivity contribution in [2.24, 2.45) is 12.8 Å². The summed E-state index contributed by atoms with van der Waals surface area (Å²) in [5, 5.41) is 0. The zero-order chi connectivity index (χ0) is 13.1. The van der Waals surface area contributed by atoms with Crippen molar-refractivity contribution in [1.29, 1.82) is 0 Å². The van der Waals surface area contributed by atoms with Crippen molar-refractivity contribution in [2.75, 3.05) is 20.7 Å². The van der Waals surface area contributed by atoms with Crippen LogP contribution in [0.2, 0.25) is 0 Å². The van der Waals surface area contributed by atoms with E-state index in [0.29, 0.717) is 6.54 Å². The van der Waals surface area contributed by atoms with Gasteiger partial charge in [0.05, 0.1) is 18.2 Å². The Kier molecular flexibility index (Phi) is 4.68. The average molecular weight is 240 g/mol. The van der Waals surface area contributed by atoms with E-state index in [-0.39, 0.29) is 11.6 Å². The first-order valence-corrected chi connectivity index (χ1v) is 5.86. The first-order chi connectivity index (χ1) is 7.95. The minimum Gasteiger partial charge on any atom is -0.380 e. The molecule has 0 aromatic carbocycles. The van der Waals surface area contributed by atoms with Crippen molar-refractivity contribution in [2.45, 2.75) is 32.0 Å². The first-order valence-electron chi connectivity index (χ1n) is 5.86. The van der Waals surface area contributed by atoms with Crippen LogP contribution in [-0.2, 0) is 18.3 Å². The third-order valence-corrected chi connectivity index (χ3v) is 3.81. The second-order valence-electron chi connectivity index (χ2n) is 4.75. The Bertz CT molecular complexity index is 352. The zero-order valence-electron chi connectivity index (χ0n) is 11.5. The van der Waals surface area contributed by atoms with Gasteiger partial charge < -0.3 is 15.0 Å². The lowest BCUT2D eigenvalue weighted by Gasteiger charge is -2.41. The van der Waals surface area contributed by atoms with E-state index >= 15 is 0 Å². The minimum atomic E-state index is -0.194. The minimum absolute atomic E-state index is 0.0674. The predicted octanol–water partition coefficient (Wildman–Crippen LogP) is 0.604. The van der Waals surface area contributed by atoms with Crippen LogP contribution >= 0.6 is 0 Å². The lowest BCUT2D eigenvalue weighted by Crippen LogP contribution is -2.57. The highest BCUT2D eigenvalue weighted by Gasteiger charge is 2.34. The fourth-order valence-corrected chi connectivity index (χ4v) is 1.83. The molecule has 1 heterocycles. The SMILES string of the molecule is COC(C)C(C)(CN)N(C)Cc1nccn1C. The second-order valence-corrected chi connectivity index (χ2v) is 4.75. The van der Waals surface area contributed by atoms with Gasteiger partial charge in [0.1, 0.15) is 5.82 Å². The van der Waals surface area contributed by atoms with Crippen LogP contribution < -0.4 is 5.73 Å². The summed E-state index contributed by atoms with van der Waals surface area (Å²) in [6, 6.07) is 0. The number of hydrogen-bond donors (Lipinski definition) is 1. The maximum atomic E-state index is 5.90. The summed E-state index contributed by atoms with van der Waals surface area (Å²) in [6.07, 6.45) is 3.82. The Morgan fingerprint density at radius 2 is 2.29 bits per heavy atom. The van der Waals surface area contributed by atoms with Gasteiger partial charge in [0.2, 0.25) is 0 Å². The van der Waals surface area contributed by atoms with Crippen LogP contribution in [0.5, 0.6) is 0 Å². The molecule has 2 N–H and O–H groups in total. The molecule has 0 amide bonds. The van der Waals surface area contributed by atoms with Crippen molar-refractivity contribution < 1.29 is 4.74 Å². The standard InChI is InChI=1S/C12H24N4O/c1-10(17-5)12(2,9-13)16(4)8-11-14-6-7-15(11)3/h6-7,10H,8-9,13H2,1-5H3. The van der Waals surface area contributed by atoms with Gasteiger partial charge in [-0.1, -0.05) is 0 Å². The van der Waals surface area contributed by atoms with Gasteiger partial charge in [-0.3, -0.25) is 4.90 Å². The number of nitrogens with zero attached hydrogens (tertiary/aromatic N) is 3. The zero-order valence-corrected chi connectivity index (χ0v) is 11.5. The van der Waals surface area contributed by atoms with E-state index in [2.05, 4.69) is 23.9 Å². The summed E-state index contributed by atoms with van der Waals surface area (Å²) >= 11 is 0. The quantitative estimate of drug-likeness (QED) is 0.791. The molecule has 0 saturated carbocycles. The predicted molar refractivity (Wildman–Crippen MR) is 68.6 cm³/mol. The molecule has 98 valence electrons. The van der Waals surface area contributed by atoms with Gasteiger partial charge in [-0.15, -0.1) is 0 Å². The number of likely N-dealkylation sites (N-methyl/N-ethyl adjacent to an activating group) is 1. The maximum Gasteiger partial charge on any atom is 0.122 e. The van der Waals surface area contributed by atoms with E-state index in [0.717, 1.165) is 12.4 Å². The van der Waals surface area contributed by atoms with Crippen LogP contribution in [0, 0.1) is 0 Å². The molecular formula is C12H24N4O. The maximum absolute atomic E-state index is 5.90. The van der Waals surface area contributed by atoms with E-state index in [9.17, 15) is 0 Å². The molecule has 5 nitrogen and oxygen atoms in total. The van der Waals surface area contributed by atoms with Gasteiger partial charge >= 0.3 is 0 Å². The number of imidazole rings is 1. The molecule has 2 atom stereocenters. The van der Waals surface area contributed by atoms with Crippen molar-refractivity contribution in [3.63, 3.8) is 0 Å². The summed E-state index contributed by atoms with van der Waals surface area (Å²) in [4.78, 5) is 6.53. The van der Waals surface area contributed by atoms with E-state index in [1.165, 1.54) is 0 Å². The molecule has 1 aromatic heterocycles. The summed E-state index contributed by atoms with van der Waals surface area (Å²) in [5.41, 5.74) is 5.71. The molecule has 1 rings (SSSR count). The molecular weight excluding hydrogens is 216 g/mol. The summed E-state index contributed by atoms with van der Waals surface area (Å²) in [7, 11) is 5.76. The molecule has 2 unspecified atom stereocenters. The highest BCUT2D eigenvalue weighted by molar-refractivity contribution is 4.97.